The van der Waals surface area contributed by atoms with E-state index in [0.717, 1.165) is 49.5 Å². The Balaban J connectivity index is 1.32. The van der Waals surface area contributed by atoms with E-state index in [-0.39, 0.29) is 12.0 Å². The zero-order chi connectivity index (χ0) is 30.9. The molecule has 0 saturated carbocycles. The van der Waals surface area contributed by atoms with Crippen LogP contribution in [0.1, 0.15) is 62.8 Å². The lowest BCUT2D eigenvalue weighted by atomic mass is 9.92. The van der Waals surface area contributed by atoms with E-state index in [0.29, 0.717) is 31.7 Å². The number of rotatable bonds is 13. The fourth-order valence-corrected chi connectivity index (χ4v) is 6.14. The predicted octanol–water partition coefficient (Wildman–Crippen LogP) is 6.37. The van der Waals surface area contributed by atoms with Gasteiger partial charge in [-0.3, -0.25) is 14.6 Å². The molecular weight excluding hydrogens is 550 g/mol. The van der Waals surface area contributed by atoms with Gasteiger partial charge in [0, 0.05) is 43.7 Å². The van der Waals surface area contributed by atoms with Crippen LogP contribution in [-0.4, -0.2) is 69.7 Å². The quantitative estimate of drug-likeness (QED) is 0.131. The molecule has 1 aliphatic heterocycles. The van der Waals surface area contributed by atoms with Crippen molar-refractivity contribution in [3.8, 4) is 17.0 Å². The first-order valence-electron chi connectivity index (χ1n) is 15.8. The number of aromatic nitrogens is 3. The highest BCUT2D eigenvalue weighted by Gasteiger charge is 2.35. The molecule has 0 radical (unpaired) electrons. The summed E-state index contributed by atoms with van der Waals surface area (Å²) in [4.78, 5) is 18.5. The Labute approximate surface area is 261 Å². The van der Waals surface area contributed by atoms with Gasteiger partial charge in [0.05, 0.1) is 32.5 Å². The second-order valence-electron chi connectivity index (χ2n) is 11.7. The van der Waals surface area contributed by atoms with Crippen LogP contribution < -0.4 is 4.74 Å². The molecule has 2 heterocycles. The van der Waals surface area contributed by atoms with Crippen LogP contribution >= 0.6 is 0 Å². The number of hydrogen-bond acceptors (Lipinski definition) is 7. The minimum absolute atomic E-state index is 0.0885. The Hall–Kier alpha value is -4.01. The van der Waals surface area contributed by atoms with E-state index >= 15 is 0 Å². The SMILES string of the molecule is CCOC(=O)CCCCn1ncc(-c2ccc(C(c3cccc(OC)c3)N3CC(C)N(Cc4ccccc4)CC3C)cc2)n1. The van der Waals surface area contributed by atoms with Gasteiger partial charge >= 0.3 is 5.97 Å². The summed E-state index contributed by atoms with van der Waals surface area (Å²) in [5.41, 5.74) is 5.69. The summed E-state index contributed by atoms with van der Waals surface area (Å²) in [6, 6.07) is 28.8. The van der Waals surface area contributed by atoms with Crippen molar-refractivity contribution in [2.75, 3.05) is 26.8 Å². The molecule has 44 heavy (non-hydrogen) atoms. The summed E-state index contributed by atoms with van der Waals surface area (Å²) in [5, 5.41) is 9.16. The lowest BCUT2D eigenvalue weighted by molar-refractivity contribution is -0.143. The van der Waals surface area contributed by atoms with E-state index in [9.17, 15) is 4.79 Å². The fraction of sp³-hybridized carbons (Fsp3) is 0.417. The van der Waals surface area contributed by atoms with E-state index in [4.69, 9.17) is 14.6 Å². The molecule has 0 amide bonds. The van der Waals surface area contributed by atoms with Gasteiger partial charge in [0.1, 0.15) is 11.4 Å². The Bertz CT molecular complexity index is 1470. The molecule has 1 saturated heterocycles. The Morgan fingerprint density at radius 1 is 0.932 bits per heavy atom. The number of nitrogens with zero attached hydrogens (tertiary/aromatic N) is 5. The van der Waals surface area contributed by atoms with Gasteiger partial charge < -0.3 is 9.47 Å². The van der Waals surface area contributed by atoms with E-state index in [1.54, 1.807) is 11.9 Å². The summed E-state index contributed by atoms with van der Waals surface area (Å²) < 4.78 is 10.6. The van der Waals surface area contributed by atoms with Gasteiger partial charge in [0.15, 0.2) is 0 Å². The maximum Gasteiger partial charge on any atom is 0.305 e. The average molecular weight is 596 g/mol. The van der Waals surface area contributed by atoms with E-state index in [2.05, 4.69) is 102 Å². The molecule has 0 N–H and O–H groups in total. The standard InChI is InChI=1S/C36H45N5O3/c1-5-44-35(42)16-9-10-21-41-37-23-34(38-41)30-17-19-31(20-18-30)36(32-14-11-15-33(22-32)43-4)40-25-27(2)39(24-28(40)3)26-29-12-7-6-8-13-29/h6-8,11-15,17-20,22-23,27-28,36H,5,9-10,16,21,24-26H2,1-4H3. The predicted molar refractivity (Wildman–Crippen MR) is 173 cm³/mol. The lowest BCUT2D eigenvalue weighted by Gasteiger charge is -2.47. The van der Waals surface area contributed by atoms with Crippen LogP contribution in [0.5, 0.6) is 5.75 Å². The molecule has 0 bridgehead atoms. The highest BCUT2D eigenvalue weighted by atomic mass is 16.5. The van der Waals surface area contributed by atoms with Crippen molar-refractivity contribution in [2.24, 2.45) is 0 Å². The summed E-state index contributed by atoms with van der Waals surface area (Å²) in [6.45, 7) is 10.5. The molecule has 3 unspecified atom stereocenters. The Kier molecular flexibility index (Phi) is 10.8. The number of hydrogen-bond donors (Lipinski definition) is 0. The second-order valence-corrected chi connectivity index (χ2v) is 11.7. The van der Waals surface area contributed by atoms with E-state index < -0.39 is 0 Å². The summed E-state index contributed by atoms with van der Waals surface area (Å²) in [7, 11) is 1.73. The first-order chi connectivity index (χ1) is 21.4. The van der Waals surface area contributed by atoms with Crippen LogP contribution in [0.3, 0.4) is 0 Å². The van der Waals surface area contributed by atoms with Crippen molar-refractivity contribution in [1.82, 2.24) is 24.8 Å². The first-order valence-corrected chi connectivity index (χ1v) is 15.8. The summed E-state index contributed by atoms with van der Waals surface area (Å²) in [5.74, 6) is 0.721. The van der Waals surface area contributed by atoms with Crippen LogP contribution in [-0.2, 0) is 22.6 Å². The van der Waals surface area contributed by atoms with Gasteiger partial charge in [-0.1, -0.05) is 66.7 Å². The molecule has 1 aliphatic rings. The van der Waals surface area contributed by atoms with Crippen molar-refractivity contribution in [2.45, 2.75) is 71.2 Å². The maximum absolute atomic E-state index is 11.6. The molecule has 5 rings (SSSR count). The summed E-state index contributed by atoms with van der Waals surface area (Å²) >= 11 is 0. The zero-order valence-electron chi connectivity index (χ0n) is 26.4. The number of unbranched alkanes of at least 4 members (excludes halogenated alkanes) is 1. The lowest BCUT2D eigenvalue weighted by Crippen LogP contribution is -2.56. The van der Waals surface area contributed by atoms with Gasteiger partial charge in [-0.15, -0.1) is 0 Å². The largest absolute Gasteiger partial charge is 0.497 e. The Morgan fingerprint density at radius 2 is 1.73 bits per heavy atom. The number of esters is 1. The maximum atomic E-state index is 11.6. The topological polar surface area (TPSA) is 72.7 Å². The number of methoxy groups -OCH3 is 1. The molecule has 4 aromatic rings. The summed E-state index contributed by atoms with van der Waals surface area (Å²) in [6.07, 6.45) is 3.82. The van der Waals surface area contributed by atoms with Crippen molar-refractivity contribution >= 4 is 5.97 Å². The minimum atomic E-state index is -0.146. The second kappa shape index (κ2) is 15.1. The highest BCUT2D eigenvalue weighted by molar-refractivity contribution is 5.69. The number of ether oxygens (including phenoxy) is 2. The third-order valence-electron chi connectivity index (χ3n) is 8.49. The van der Waals surface area contributed by atoms with E-state index in [1.165, 1.54) is 16.7 Å². The number of carbonyl (C=O) groups excluding carboxylic acids is 1. The van der Waals surface area contributed by atoms with Crippen molar-refractivity contribution < 1.29 is 14.3 Å². The monoisotopic (exact) mass is 595 g/mol. The molecule has 1 fully saturated rings. The van der Waals surface area contributed by atoms with Gasteiger partial charge in [-0.25, -0.2) is 0 Å². The average Bonchev–Trinajstić information content (AvgIpc) is 3.52. The number of piperazine rings is 1. The first kappa shape index (κ1) is 31.4. The molecule has 0 spiro atoms. The molecular formula is C36H45N5O3. The van der Waals surface area contributed by atoms with Crippen LogP contribution in [0.25, 0.3) is 11.3 Å². The fourth-order valence-electron chi connectivity index (χ4n) is 6.14. The molecule has 0 aliphatic carbocycles. The third-order valence-corrected chi connectivity index (χ3v) is 8.49. The van der Waals surface area contributed by atoms with E-state index in [1.807, 2.05) is 19.2 Å². The van der Waals surface area contributed by atoms with Crippen LogP contribution in [0.2, 0.25) is 0 Å². The van der Waals surface area contributed by atoms with Crippen LogP contribution in [0, 0.1) is 0 Å². The minimum Gasteiger partial charge on any atom is -0.497 e. The van der Waals surface area contributed by atoms with Crippen molar-refractivity contribution in [3.05, 3.63) is 102 Å². The van der Waals surface area contributed by atoms with Crippen molar-refractivity contribution in [3.63, 3.8) is 0 Å². The number of aryl methyl sites for hydroxylation is 1. The van der Waals surface area contributed by atoms with Crippen LogP contribution in [0.15, 0.2) is 85.1 Å². The molecule has 3 atom stereocenters. The highest BCUT2D eigenvalue weighted by Crippen LogP contribution is 2.35. The number of benzene rings is 3. The van der Waals surface area contributed by atoms with Crippen LogP contribution in [0.4, 0.5) is 0 Å². The molecule has 232 valence electrons. The van der Waals surface area contributed by atoms with Crippen molar-refractivity contribution in [1.29, 1.82) is 0 Å². The molecule has 8 heteroatoms. The molecule has 8 nitrogen and oxygen atoms in total. The molecule has 3 aromatic carbocycles. The Morgan fingerprint density at radius 3 is 2.48 bits per heavy atom. The third kappa shape index (κ3) is 7.92. The van der Waals surface area contributed by atoms with Gasteiger partial charge in [0.2, 0.25) is 0 Å². The smallest absolute Gasteiger partial charge is 0.305 e. The number of carbonyl (C=O) groups is 1. The van der Waals surface area contributed by atoms with Gasteiger partial charge in [-0.05, 0) is 62.4 Å². The van der Waals surface area contributed by atoms with Gasteiger partial charge in [0.25, 0.3) is 0 Å². The zero-order valence-corrected chi connectivity index (χ0v) is 26.4. The van der Waals surface area contributed by atoms with Gasteiger partial charge in [-0.2, -0.15) is 15.0 Å². The normalized spacial score (nSPS) is 18.2. The molecule has 1 aromatic heterocycles.